The summed E-state index contributed by atoms with van der Waals surface area (Å²) in [5.74, 6) is 1.04. The van der Waals surface area contributed by atoms with E-state index in [2.05, 4.69) is 27.4 Å². The first kappa shape index (κ1) is 15.0. The summed E-state index contributed by atoms with van der Waals surface area (Å²) >= 11 is 0. The molecule has 3 N–H and O–H groups in total. The van der Waals surface area contributed by atoms with Crippen molar-refractivity contribution in [3.05, 3.63) is 59.8 Å². The molecule has 0 atom stereocenters. The first-order valence-electron chi connectivity index (χ1n) is 6.83. The zero-order chi connectivity index (χ0) is 14.9. The summed E-state index contributed by atoms with van der Waals surface area (Å²) in [6, 6.07) is 16.0. The Morgan fingerprint density at radius 3 is 2.76 bits per heavy atom. The van der Waals surface area contributed by atoms with Gasteiger partial charge in [-0.15, -0.1) is 0 Å². The molecule has 110 valence electrons. The van der Waals surface area contributed by atoms with Gasteiger partial charge in [-0.3, -0.25) is 4.99 Å². The number of methoxy groups -OCH3 is 1. The highest BCUT2D eigenvalue weighted by Gasteiger charge is 2.01. The third kappa shape index (κ3) is 5.24. The van der Waals surface area contributed by atoms with Gasteiger partial charge in [0.15, 0.2) is 5.96 Å². The summed E-state index contributed by atoms with van der Waals surface area (Å²) in [4.78, 5) is 8.67. The minimum atomic E-state index is 0.344. The number of aliphatic imine (C=N–C) groups is 1. The Morgan fingerprint density at radius 2 is 2.00 bits per heavy atom. The molecule has 0 radical (unpaired) electrons. The number of anilines is 1. The maximum absolute atomic E-state index is 5.79. The SMILES string of the molecule is COCCN=C(N)Nc1cccc(Cc2ccccc2)n1. The topological polar surface area (TPSA) is 72.5 Å². The van der Waals surface area contributed by atoms with Gasteiger partial charge in [-0.2, -0.15) is 0 Å². The summed E-state index contributed by atoms with van der Waals surface area (Å²) < 4.78 is 4.92. The van der Waals surface area contributed by atoms with Crippen LogP contribution in [0.25, 0.3) is 0 Å². The number of pyridine rings is 1. The molecule has 0 fully saturated rings. The second kappa shape index (κ2) is 8.01. The van der Waals surface area contributed by atoms with Gasteiger partial charge < -0.3 is 15.8 Å². The molecule has 1 aromatic heterocycles. The number of nitrogens with two attached hydrogens (primary N) is 1. The van der Waals surface area contributed by atoms with Crippen molar-refractivity contribution in [2.45, 2.75) is 6.42 Å². The largest absolute Gasteiger partial charge is 0.383 e. The van der Waals surface area contributed by atoms with Crippen molar-refractivity contribution in [1.29, 1.82) is 0 Å². The van der Waals surface area contributed by atoms with Gasteiger partial charge in [0.2, 0.25) is 0 Å². The van der Waals surface area contributed by atoms with E-state index in [1.54, 1.807) is 7.11 Å². The van der Waals surface area contributed by atoms with Crippen molar-refractivity contribution in [3.63, 3.8) is 0 Å². The maximum Gasteiger partial charge on any atom is 0.194 e. The fourth-order valence-electron chi connectivity index (χ4n) is 1.88. The van der Waals surface area contributed by atoms with Crippen LogP contribution >= 0.6 is 0 Å². The van der Waals surface area contributed by atoms with E-state index in [1.807, 2.05) is 36.4 Å². The number of hydrogen-bond acceptors (Lipinski definition) is 3. The Bertz CT molecular complexity index is 584. The predicted octanol–water partition coefficient (Wildman–Crippen LogP) is 2.05. The highest BCUT2D eigenvalue weighted by Crippen LogP contribution is 2.10. The van der Waals surface area contributed by atoms with Crippen LogP contribution in [0.2, 0.25) is 0 Å². The lowest BCUT2D eigenvalue weighted by molar-refractivity contribution is 0.208. The molecule has 0 bridgehead atoms. The van der Waals surface area contributed by atoms with Crippen LogP contribution in [-0.4, -0.2) is 31.2 Å². The van der Waals surface area contributed by atoms with Crippen LogP contribution in [0.3, 0.4) is 0 Å². The summed E-state index contributed by atoms with van der Waals surface area (Å²) in [6.45, 7) is 1.07. The standard InChI is InChI=1S/C16H20N4O/c1-21-11-10-18-16(17)20-15-9-5-8-14(19-15)12-13-6-3-2-4-7-13/h2-9H,10-12H2,1H3,(H3,17,18,19,20). The van der Waals surface area contributed by atoms with Crippen molar-refractivity contribution in [2.75, 3.05) is 25.6 Å². The molecule has 0 unspecified atom stereocenters. The zero-order valence-corrected chi connectivity index (χ0v) is 12.1. The number of aromatic nitrogens is 1. The van der Waals surface area contributed by atoms with Crippen LogP contribution in [-0.2, 0) is 11.2 Å². The number of ether oxygens (including phenoxy) is 1. The molecule has 5 nitrogen and oxygen atoms in total. The van der Waals surface area contributed by atoms with E-state index >= 15 is 0 Å². The maximum atomic E-state index is 5.79. The van der Waals surface area contributed by atoms with Crippen molar-refractivity contribution < 1.29 is 4.74 Å². The van der Waals surface area contributed by atoms with E-state index in [0.717, 1.165) is 12.1 Å². The predicted molar refractivity (Wildman–Crippen MR) is 85.5 cm³/mol. The van der Waals surface area contributed by atoms with Gasteiger partial charge in [0, 0.05) is 19.2 Å². The third-order valence-electron chi connectivity index (χ3n) is 2.87. The molecule has 0 saturated heterocycles. The molecule has 1 heterocycles. The van der Waals surface area contributed by atoms with E-state index in [1.165, 1.54) is 5.56 Å². The van der Waals surface area contributed by atoms with Gasteiger partial charge in [-0.1, -0.05) is 36.4 Å². The van der Waals surface area contributed by atoms with Crippen LogP contribution in [0.1, 0.15) is 11.3 Å². The fourth-order valence-corrected chi connectivity index (χ4v) is 1.88. The molecule has 0 saturated carbocycles. The molecule has 21 heavy (non-hydrogen) atoms. The summed E-state index contributed by atoms with van der Waals surface area (Å²) in [5.41, 5.74) is 8.00. The van der Waals surface area contributed by atoms with Crippen LogP contribution in [0, 0.1) is 0 Å². The molecule has 0 aliphatic rings. The molecular weight excluding hydrogens is 264 g/mol. The lowest BCUT2D eigenvalue weighted by atomic mass is 10.1. The van der Waals surface area contributed by atoms with Gasteiger partial charge in [-0.05, 0) is 17.7 Å². The number of nitrogens with zero attached hydrogens (tertiary/aromatic N) is 2. The Labute approximate surface area is 124 Å². The number of hydrogen-bond donors (Lipinski definition) is 2. The quantitative estimate of drug-likeness (QED) is 0.484. The molecule has 5 heteroatoms. The van der Waals surface area contributed by atoms with Crippen LogP contribution in [0.15, 0.2) is 53.5 Å². The molecule has 2 rings (SSSR count). The van der Waals surface area contributed by atoms with Crippen molar-refractivity contribution >= 4 is 11.8 Å². The van der Waals surface area contributed by atoms with Crippen molar-refractivity contribution in [1.82, 2.24) is 4.98 Å². The van der Waals surface area contributed by atoms with Gasteiger partial charge >= 0.3 is 0 Å². The van der Waals surface area contributed by atoms with Crippen LogP contribution in [0.5, 0.6) is 0 Å². The normalized spacial score (nSPS) is 11.4. The minimum Gasteiger partial charge on any atom is -0.383 e. The zero-order valence-electron chi connectivity index (χ0n) is 12.1. The first-order chi connectivity index (χ1) is 10.3. The first-order valence-corrected chi connectivity index (χ1v) is 6.83. The monoisotopic (exact) mass is 284 g/mol. The number of guanidine groups is 1. The fraction of sp³-hybridized carbons (Fsp3) is 0.250. The number of nitrogens with one attached hydrogen (secondary N) is 1. The lowest BCUT2D eigenvalue weighted by Crippen LogP contribution is -2.24. The Balaban J connectivity index is 1.99. The summed E-state index contributed by atoms with van der Waals surface area (Å²) in [6.07, 6.45) is 0.789. The van der Waals surface area contributed by atoms with Crippen molar-refractivity contribution in [2.24, 2.45) is 10.7 Å². The number of rotatable bonds is 6. The minimum absolute atomic E-state index is 0.344. The van der Waals surface area contributed by atoms with E-state index in [9.17, 15) is 0 Å². The molecule has 0 amide bonds. The average Bonchev–Trinajstić information content (AvgIpc) is 2.49. The van der Waals surface area contributed by atoms with Gasteiger partial charge in [0.1, 0.15) is 5.82 Å². The highest BCUT2D eigenvalue weighted by atomic mass is 16.5. The Kier molecular flexibility index (Phi) is 5.72. The summed E-state index contributed by atoms with van der Waals surface area (Å²) in [7, 11) is 1.63. The summed E-state index contributed by atoms with van der Waals surface area (Å²) in [5, 5.41) is 2.99. The highest BCUT2D eigenvalue weighted by molar-refractivity contribution is 5.91. The third-order valence-corrected chi connectivity index (χ3v) is 2.87. The molecule has 0 aliphatic heterocycles. The number of benzene rings is 1. The van der Waals surface area contributed by atoms with Gasteiger partial charge in [0.05, 0.1) is 13.2 Å². The Hall–Kier alpha value is -2.40. The smallest absolute Gasteiger partial charge is 0.194 e. The van der Waals surface area contributed by atoms with Gasteiger partial charge in [0.25, 0.3) is 0 Å². The molecular formula is C16H20N4O. The van der Waals surface area contributed by atoms with E-state index < -0.39 is 0 Å². The van der Waals surface area contributed by atoms with Crippen molar-refractivity contribution in [3.8, 4) is 0 Å². The molecule has 2 aromatic rings. The van der Waals surface area contributed by atoms with Crippen LogP contribution < -0.4 is 11.1 Å². The Morgan fingerprint density at radius 1 is 1.19 bits per heavy atom. The second-order valence-electron chi connectivity index (χ2n) is 4.56. The van der Waals surface area contributed by atoms with Gasteiger partial charge in [-0.25, -0.2) is 4.98 Å². The lowest BCUT2D eigenvalue weighted by Gasteiger charge is -2.07. The van der Waals surface area contributed by atoms with Crippen LogP contribution in [0.4, 0.5) is 5.82 Å². The molecule has 1 aromatic carbocycles. The second-order valence-corrected chi connectivity index (χ2v) is 4.56. The molecule has 0 spiro atoms. The molecule has 0 aliphatic carbocycles. The average molecular weight is 284 g/mol. The van der Waals surface area contributed by atoms with E-state index in [4.69, 9.17) is 10.5 Å². The van der Waals surface area contributed by atoms with E-state index in [-0.39, 0.29) is 0 Å². The van der Waals surface area contributed by atoms with E-state index in [0.29, 0.717) is 24.9 Å².